The van der Waals surface area contributed by atoms with Crippen LogP contribution in [-0.4, -0.2) is 33.8 Å². The number of carbonyl (C=O) groups excluding carboxylic acids is 1. The molecule has 0 aliphatic rings. The minimum Gasteiger partial charge on any atom is -0.497 e. The van der Waals surface area contributed by atoms with E-state index in [-0.39, 0.29) is 5.78 Å². The fourth-order valence-electron chi connectivity index (χ4n) is 3.64. The average Bonchev–Trinajstić information content (AvgIpc) is 3.50. The largest absolute Gasteiger partial charge is 0.497 e. The van der Waals surface area contributed by atoms with Gasteiger partial charge in [0.25, 0.3) is 0 Å². The van der Waals surface area contributed by atoms with Gasteiger partial charge in [-0.15, -0.1) is 10.2 Å². The summed E-state index contributed by atoms with van der Waals surface area (Å²) in [5, 5.41) is 11.1. The van der Waals surface area contributed by atoms with Gasteiger partial charge in [-0.2, -0.15) is 0 Å². The number of thioether (sulfide) groups is 1. The maximum absolute atomic E-state index is 11.3. The zero-order valence-corrected chi connectivity index (χ0v) is 19.0. The number of H-pyrrole nitrogens is 1. The highest BCUT2D eigenvalue weighted by Gasteiger charge is 2.19. The highest BCUT2D eigenvalue weighted by molar-refractivity contribution is 7.99. The summed E-state index contributed by atoms with van der Waals surface area (Å²) in [6.07, 6.45) is 0. The Labute approximate surface area is 195 Å². The highest BCUT2D eigenvalue weighted by atomic mass is 32.2. The first kappa shape index (κ1) is 21.0. The Morgan fingerprint density at radius 1 is 0.970 bits per heavy atom. The molecule has 0 bridgehead atoms. The Morgan fingerprint density at radius 2 is 1.76 bits per heavy atom. The maximum Gasteiger partial charge on any atom is 0.197 e. The molecular formula is C26H21N3O3S. The van der Waals surface area contributed by atoms with Crippen LogP contribution >= 0.6 is 11.8 Å². The molecule has 0 amide bonds. The minimum absolute atomic E-state index is 0.0820. The molecule has 0 aliphatic carbocycles. The van der Waals surface area contributed by atoms with Crippen LogP contribution in [0.5, 0.6) is 5.75 Å². The summed E-state index contributed by atoms with van der Waals surface area (Å²) in [5.41, 5.74) is 2.97. The van der Waals surface area contributed by atoms with Gasteiger partial charge in [0.1, 0.15) is 17.3 Å². The van der Waals surface area contributed by atoms with Gasteiger partial charge in [-0.05, 0) is 47.5 Å². The van der Waals surface area contributed by atoms with Gasteiger partial charge in [-0.1, -0.05) is 60.3 Å². The average molecular weight is 456 g/mol. The molecule has 7 heteroatoms. The number of nitrogens with one attached hydrogen (secondary N) is 1. The van der Waals surface area contributed by atoms with E-state index in [0.29, 0.717) is 22.5 Å². The molecule has 0 atom stereocenters. The summed E-state index contributed by atoms with van der Waals surface area (Å²) in [4.78, 5) is 14.4. The van der Waals surface area contributed by atoms with Crippen LogP contribution in [0.4, 0.5) is 0 Å². The SMILES string of the molecule is COc1ccc2cc(-c3oc(-c4nnc(SCC(C)=O)[nH]4)cc3-c3ccccc3)ccc2c1. The first-order valence-electron chi connectivity index (χ1n) is 10.4. The third-order valence-corrected chi connectivity index (χ3v) is 6.25. The number of Topliss-reactive ketones (excluding diaryl/α,β-unsaturated/α-hetero) is 1. The number of rotatable bonds is 7. The highest BCUT2D eigenvalue weighted by Crippen LogP contribution is 2.39. The second-order valence-corrected chi connectivity index (χ2v) is 8.58. The van der Waals surface area contributed by atoms with Gasteiger partial charge >= 0.3 is 0 Å². The standard InChI is InChI=1S/C26H21N3O3S/c1-16(30)15-33-26-27-25(28-29-26)23-14-22(17-6-4-3-5-7-17)24(32-23)20-9-8-19-13-21(31-2)11-10-18(19)12-20/h3-14H,15H2,1-2H3,(H,27,28,29). The third kappa shape index (κ3) is 4.40. The normalized spacial score (nSPS) is 11.1. The predicted octanol–water partition coefficient (Wildman–Crippen LogP) is 6.24. The van der Waals surface area contributed by atoms with E-state index in [4.69, 9.17) is 9.15 Å². The molecule has 2 heterocycles. The smallest absolute Gasteiger partial charge is 0.197 e. The van der Waals surface area contributed by atoms with Crippen LogP contribution < -0.4 is 4.74 Å². The molecule has 0 aliphatic heterocycles. The van der Waals surface area contributed by atoms with E-state index in [1.807, 2.05) is 48.5 Å². The molecule has 5 rings (SSSR count). The van der Waals surface area contributed by atoms with Crippen LogP contribution in [0.15, 0.2) is 82.4 Å². The number of nitrogens with zero attached hydrogens (tertiary/aromatic N) is 2. The Bertz CT molecular complexity index is 1440. The fraction of sp³-hybridized carbons (Fsp3) is 0.115. The number of furan rings is 1. The van der Waals surface area contributed by atoms with Crippen molar-refractivity contribution in [3.63, 3.8) is 0 Å². The number of benzene rings is 3. The number of hydrogen-bond acceptors (Lipinski definition) is 6. The van der Waals surface area contributed by atoms with Crippen molar-refractivity contribution in [3.05, 3.63) is 72.8 Å². The van der Waals surface area contributed by atoms with Crippen LogP contribution in [0, 0.1) is 0 Å². The van der Waals surface area contributed by atoms with Gasteiger partial charge in [-0.3, -0.25) is 4.79 Å². The van der Waals surface area contributed by atoms with E-state index in [2.05, 4.69) is 39.4 Å². The lowest BCUT2D eigenvalue weighted by molar-refractivity contribution is -0.114. The molecule has 0 unspecified atom stereocenters. The summed E-state index contributed by atoms with van der Waals surface area (Å²) >= 11 is 1.32. The van der Waals surface area contributed by atoms with Gasteiger partial charge < -0.3 is 14.1 Å². The topological polar surface area (TPSA) is 81.0 Å². The minimum atomic E-state index is 0.0820. The second kappa shape index (κ2) is 8.96. The second-order valence-electron chi connectivity index (χ2n) is 7.62. The molecular weight excluding hydrogens is 434 g/mol. The van der Waals surface area contributed by atoms with E-state index in [1.54, 1.807) is 14.0 Å². The van der Waals surface area contributed by atoms with Crippen LogP contribution in [0.1, 0.15) is 6.92 Å². The third-order valence-electron chi connectivity index (χ3n) is 5.24. The number of aromatic amines is 1. The lowest BCUT2D eigenvalue weighted by atomic mass is 9.99. The van der Waals surface area contributed by atoms with Crippen molar-refractivity contribution in [1.82, 2.24) is 15.2 Å². The Hall–Kier alpha value is -3.84. The van der Waals surface area contributed by atoms with Crippen molar-refractivity contribution in [2.24, 2.45) is 0 Å². The molecule has 0 spiro atoms. The lowest BCUT2D eigenvalue weighted by Gasteiger charge is -2.06. The summed E-state index contributed by atoms with van der Waals surface area (Å²) in [5.74, 6) is 3.11. The number of ether oxygens (including phenoxy) is 1. The van der Waals surface area contributed by atoms with Gasteiger partial charge in [0.15, 0.2) is 16.7 Å². The number of aromatic nitrogens is 3. The van der Waals surface area contributed by atoms with Crippen molar-refractivity contribution >= 4 is 28.3 Å². The number of methoxy groups -OCH3 is 1. The molecule has 6 nitrogen and oxygen atoms in total. The Kier molecular flexibility index (Phi) is 5.71. The van der Waals surface area contributed by atoms with Crippen molar-refractivity contribution in [3.8, 4) is 39.8 Å². The Balaban J connectivity index is 1.58. The molecule has 0 fully saturated rings. The monoisotopic (exact) mass is 455 g/mol. The molecule has 1 N–H and O–H groups in total. The van der Waals surface area contributed by atoms with E-state index < -0.39 is 0 Å². The van der Waals surface area contributed by atoms with E-state index in [1.165, 1.54) is 11.8 Å². The molecule has 2 aromatic heterocycles. The zero-order valence-electron chi connectivity index (χ0n) is 18.2. The molecule has 0 saturated heterocycles. The molecule has 5 aromatic rings. The van der Waals surface area contributed by atoms with Gasteiger partial charge in [0.05, 0.1) is 12.9 Å². The first-order chi connectivity index (χ1) is 16.1. The summed E-state index contributed by atoms with van der Waals surface area (Å²) in [6, 6.07) is 24.3. The summed E-state index contributed by atoms with van der Waals surface area (Å²) in [7, 11) is 1.67. The van der Waals surface area contributed by atoms with Gasteiger partial charge in [-0.25, -0.2) is 0 Å². The lowest BCUT2D eigenvalue weighted by Crippen LogP contribution is -1.93. The van der Waals surface area contributed by atoms with E-state index >= 15 is 0 Å². The van der Waals surface area contributed by atoms with E-state index in [9.17, 15) is 4.79 Å². The molecule has 0 radical (unpaired) electrons. The molecule has 33 heavy (non-hydrogen) atoms. The van der Waals surface area contributed by atoms with E-state index in [0.717, 1.165) is 39.0 Å². The maximum atomic E-state index is 11.3. The number of carbonyl (C=O) groups is 1. The quantitative estimate of drug-likeness (QED) is 0.293. The molecule has 3 aromatic carbocycles. The van der Waals surface area contributed by atoms with Gasteiger partial charge in [0, 0.05) is 11.1 Å². The van der Waals surface area contributed by atoms with Crippen LogP contribution in [0.2, 0.25) is 0 Å². The van der Waals surface area contributed by atoms with Crippen LogP contribution in [-0.2, 0) is 4.79 Å². The van der Waals surface area contributed by atoms with Crippen LogP contribution in [0.3, 0.4) is 0 Å². The van der Waals surface area contributed by atoms with Crippen molar-refractivity contribution in [1.29, 1.82) is 0 Å². The summed E-state index contributed by atoms with van der Waals surface area (Å²) in [6.45, 7) is 1.55. The summed E-state index contributed by atoms with van der Waals surface area (Å²) < 4.78 is 11.7. The first-order valence-corrected chi connectivity index (χ1v) is 11.4. The van der Waals surface area contributed by atoms with Crippen molar-refractivity contribution in [2.75, 3.05) is 12.9 Å². The number of ketones is 1. The number of hydrogen-bond donors (Lipinski definition) is 1. The number of fused-ring (bicyclic) bond motifs is 1. The molecule has 164 valence electrons. The van der Waals surface area contributed by atoms with Crippen LogP contribution in [0.25, 0.3) is 44.8 Å². The molecule has 0 saturated carbocycles. The van der Waals surface area contributed by atoms with Crippen molar-refractivity contribution < 1.29 is 13.9 Å². The van der Waals surface area contributed by atoms with Gasteiger partial charge in [0.2, 0.25) is 0 Å². The zero-order chi connectivity index (χ0) is 22.8. The predicted molar refractivity (Wildman–Crippen MR) is 130 cm³/mol. The fourth-order valence-corrected chi connectivity index (χ4v) is 4.25. The Morgan fingerprint density at radius 3 is 2.55 bits per heavy atom. The van der Waals surface area contributed by atoms with Crippen molar-refractivity contribution in [2.45, 2.75) is 12.1 Å².